The first kappa shape index (κ1) is 12.9. The topological polar surface area (TPSA) is 57.0 Å². The Balaban J connectivity index is 2.32. The number of aromatic nitrogens is 3. The second-order valence-corrected chi connectivity index (χ2v) is 4.19. The number of carbonyl (C=O) groups is 1. The summed E-state index contributed by atoms with van der Waals surface area (Å²) in [7, 11) is 0. The molecule has 0 spiro atoms. The van der Waals surface area contributed by atoms with Gasteiger partial charge in [-0.1, -0.05) is 23.2 Å². The van der Waals surface area contributed by atoms with Crippen LogP contribution in [0.4, 0.5) is 0 Å². The minimum atomic E-state index is -0.485. The Morgan fingerprint density at radius 3 is 2.89 bits per heavy atom. The molecule has 0 aliphatic carbocycles. The SMILES string of the molecule is CCOC(=O)c1cn(-c2ncc(Cl)cc2Cl)cn1. The van der Waals surface area contributed by atoms with Crippen molar-refractivity contribution in [2.45, 2.75) is 6.92 Å². The summed E-state index contributed by atoms with van der Waals surface area (Å²) in [6.45, 7) is 2.03. The standard InChI is InChI=1S/C11H9Cl2N3O2/c1-2-18-11(17)9-5-16(6-15-9)10-8(13)3-7(12)4-14-10/h3-6H,2H2,1H3. The van der Waals surface area contributed by atoms with Crippen LogP contribution in [-0.2, 0) is 4.74 Å². The van der Waals surface area contributed by atoms with Crippen LogP contribution in [0.25, 0.3) is 5.82 Å². The summed E-state index contributed by atoms with van der Waals surface area (Å²) in [5, 5.41) is 0.810. The van der Waals surface area contributed by atoms with Crippen molar-refractivity contribution in [2.75, 3.05) is 6.61 Å². The molecule has 0 atom stereocenters. The number of carbonyl (C=O) groups excluding carboxylic acids is 1. The normalized spacial score (nSPS) is 10.4. The lowest BCUT2D eigenvalue weighted by Gasteiger charge is -2.03. The third-order valence-corrected chi connectivity index (χ3v) is 2.58. The Morgan fingerprint density at radius 2 is 2.22 bits per heavy atom. The van der Waals surface area contributed by atoms with Gasteiger partial charge in [0, 0.05) is 12.4 Å². The first-order valence-corrected chi connectivity index (χ1v) is 5.90. The zero-order valence-electron chi connectivity index (χ0n) is 9.43. The van der Waals surface area contributed by atoms with Crippen LogP contribution in [0.5, 0.6) is 0 Å². The maximum absolute atomic E-state index is 11.5. The van der Waals surface area contributed by atoms with Crippen molar-refractivity contribution < 1.29 is 9.53 Å². The van der Waals surface area contributed by atoms with Crippen LogP contribution < -0.4 is 0 Å². The fraction of sp³-hybridized carbons (Fsp3) is 0.182. The summed E-state index contributed by atoms with van der Waals surface area (Å²) in [4.78, 5) is 19.5. The lowest BCUT2D eigenvalue weighted by Crippen LogP contribution is -2.04. The molecular formula is C11H9Cl2N3O2. The van der Waals surface area contributed by atoms with Crippen LogP contribution in [0, 0.1) is 0 Å². The van der Waals surface area contributed by atoms with Crippen molar-refractivity contribution in [3.8, 4) is 5.82 Å². The van der Waals surface area contributed by atoms with Crippen molar-refractivity contribution >= 4 is 29.2 Å². The molecule has 0 N–H and O–H groups in total. The molecule has 2 aromatic heterocycles. The van der Waals surface area contributed by atoms with Gasteiger partial charge >= 0.3 is 5.97 Å². The minimum Gasteiger partial charge on any atom is -0.461 e. The van der Waals surface area contributed by atoms with E-state index < -0.39 is 5.97 Å². The molecule has 0 aromatic carbocycles. The highest BCUT2D eigenvalue weighted by molar-refractivity contribution is 6.35. The average molecular weight is 286 g/mol. The maximum atomic E-state index is 11.5. The molecule has 94 valence electrons. The number of hydrogen-bond acceptors (Lipinski definition) is 4. The third kappa shape index (κ3) is 2.63. The molecule has 7 heteroatoms. The van der Waals surface area contributed by atoms with E-state index in [-0.39, 0.29) is 5.69 Å². The fourth-order valence-corrected chi connectivity index (χ4v) is 1.82. The van der Waals surface area contributed by atoms with Crippen molar-refractivity contribution in [3.05, 3.63) is 40.5 Å². The lowest BCUT2D eigenvalue weighted by molar-refractivity contribution is 0.0520. The van der Waals surface area contributed by atoms with Gasteiger partial charge in [0.25, 0.3) is 0 Å². The molecule has 18 heavy (non-hydrogen) atoms. The molecular weight excluding hydrogens is 277 g/mol. The smallest absolute Gasteiger partial charge is 0.358 e. The first-order valence-electron chi connectivity index (χ1n) is 5.14. The van der Waals surface area contributed by atoms with Gasteiger partial charge < -0.3 is 4.74 Å². The van der Waals surface area contributed by atoms with E-state index in [1.807, 2.05) is 0 Å². The van der Waals surface area contributed by atoms with Crippen LogP contribution in [0.15, 0.2) is 24.8 Å². The van der Waals surface area contributed by atoms with E-state index >= 15 is 0 Å². The molecule has 0 unspecified atom stereocenters. The Hall–Kier alpha value is -1.59. The predicted octanol–water partition coefficient (Wildman–Crippen LogP) is 2.75. The number of halogens is 2. The second kappa shape index (κ2) is 5.37. The summed E-state index contributed by atoms with van der Waals surface area (Å²) in [5.41, 5.74) is 0.199. The summed E-state index contributed by atoms with van der Waals surface area (Å²) in [5.74, 6) is -0.0366. The van der Waals surface area contributed by atoms with Crippen molar-refractivity contribution in [2.24, 2.45) is 0 Å². The second-order valence-electron chi connectivity index (χ2n) is 3.35. The quantitative estimate of drug-likeness (QED) is 0.814. The molecule has 0 amide bonds. The van der Waals surface area contributed by atoms with Crippen molar-refractivity contribution in [1.82, 2.24) is 14.5 Å². The first-order chi connectivity index (χ1) is 8.61. The number of hydrogen-bond donors (Lipinski definition) is 0. The van der Waals surface area contributed by atoms with E-state index in [0.717, 1.165) is 0 Å². The predicted molar refractivity (Wildman–Crippen MR) is 67.3 cm³/mol. The zero-order chi connectivity index (χ0) is 13.1. The number of pyridine rings is 1. The van der Waals surface area contributed by atoms with Crippen LogP contribution in [0.3, 0.4) is 0 Å². The molecule has 0 fully saturated rings. The minimum absolute atomic E-state index is 0.199. The van der Waals surface area contributed by atoms with E-state index in [2.05, 4.69) is 9.97 Å². The number of ether oxygens (including phenoxy) is 1. The molecule has 2 heterocycles. The zero-order valence-corrected chi connectivity index (χ0v) is 10.9. The lowest BCUT2D eigenvalue weighted by atomic mass is 10.4. The highest BCUT2D eigenvalue weighted by atomic mass is 35.5. The molecule has 0 bridgehead atoms. The van der Waals surface area contributed by atoms with Crippen molar-refractivity contribution in [3.63, 3.8) is 0 Å². The molecule has 5 nitrogen and oxygen atoms in total. The summed E-state index contributed by atoms with van der Waals surface area (Å²) < 4.78 is 6.37. The van der Waals surface area contributed by atoms with Gasteiger partial charge in [-0.05, 0) is 13.0 Å². The van der Waals surface area contributed by atoms with Crippen LogP contribution in [0.2, 0.25) is 10.0 Å². The average Bonchev–Trinajstić information content (AvgIpc) is 2.78. The summed E-state index contributed by atoms with van der Waals surface area (Å²) in [6.07, 6.45) is 4.40. The number of esters is 1. The summed E-state index contributed by atoms with van der Waals surface area (Å²) >= 11 is 11.8. The molecule has 0 radical (unpaired) electrons. The van der Waals surface area contributed by atoms with E-state index in [9.17, 15) is 4.79 Å². The number of nitrogens with zero attached hydrogens (tertiary/aromatic N) is 3. The molecule has 2 rings (SSSR count). The molecule has 0 saturated carbocycles. The van der Waals surface area contributed by atoms with Gasteiger partial charge in [0.05, 0.1) is 16.7 Å². The molecule has 0 saturated heterocycles. The van der Waals surface area contributed by atoms with Gasteiger partial charge in [-0.15, -0.1) is 0 Å². The van der Waals surface area contributed by atoms with Gasteiger partial charge in [0.2, 0.25) is 0 Å². The van der Waals surface area contributed by atoms with E-state index in [1.54, 1.807) is 13.0 Å². The summed E-state index contributed by atoms with van der Waals surface area (Å²) in [6, 6.07) is 1.56. The van der Waals surface area contributed by atoms with Gasteiger partial charge in [0.15, 0.2) is 11.5 Å². The Morgan fingerprint density at radius 1 is 1.44 bits per heavy atom. The fourth-order valence-electron chi connectivity index (χ4n) is 1.35. The van der Waals surface area contributed by atoms with E-state index in [0.29, 0.717) is 22.5 Å². The van der Waals surface area contributed by atoms with Gasteiger partial charge in [-0.25, -0.2) is 14.8 Å². The van der Waals surface area contributed by atoms with Gasteiger partial charge in [-0.3, -0.25) is 4.57 Å². The highest BCUT2D eigenvalue weighted by Crippen LogP contribution is 2.21. The number of rotatable bonds is 3. The molecule has 0 aliphatic rings. The Bertz CT molecular complexity index is 583. The van der Waals surface area contributed by atoms with E-state index in [4.69, 9.17) is 27.9 Å². The third-order valence-electron chi connectivity index (χ3n) is 2.10. The van der Waals surface area contributed by atoms with E-state index in [1.165, 1.54) is 23.3 Å². The monoisotopic (exact) mass is 285 g/mol. The van der Waals surface area contributed by atoms with Crippen molar-refractivity contribution in [1.29, 1.82) is 0 Å². The molecule has 0 aliphatic heterocycles. The van der Waals surface area contributed by atoms with Gasteiger partial charge in [-0.2, -0.15) is 0 Å². The maximum Gasteiger partial charge on any atom is 0.358 e. The van der Waals surface area contributed by atoms with Crippen LogP contribution >= 0.6 is 23.2 Å². The van der Waals surface area contributed by atoms with Crippen LogP contribution in [-0.4, -0.2) is 27.1 Å². The highest BCUT2D eigenvalue weighted by Gasteiger charge is 2.12. The largest absolute Gasteiger partial charge is 0.461 e. The van der Waals surface area contributed by atoms with Crippen LogP contribution in [0.1, 0.15) is 17.4 Å². The molecule has 2 aromatic rings. The Labute approximate surface area is 113 Å². The Kier molecular flexibility index (Phi) is 3.84. The number of imidazole rings is 1. The van der Waals surface area contributed by atoms with Gasteiger partial charge in [0.1, 0.15) is 6.33 Å².